The van der Waals surface area contributed by atoms with Crippen LogP contribution in [0, 0.1) is 5.41 Å². The molecular weight excluding hydrogens is 605 g/mol. The average molecular weight is 638 g/mol. The number of allylic oxidation sites excluding steroid dienone is 3. The van der Waals surface area contributed by atoms with Crippen molar-refractivity contribution in [1.82, 2.24) is 9.88 Å². The number of alkyl halides is 5. The summed E-state index contributed by atoms with van der Waals surface area (Å²) in [5, 5.41) is 9.16. The largest absolute Gasteiger partial charge is 0.572 e. The van der Waals surface area contributed by atoms with E-state index in [4.69, 9.17) is 14.6 Å². The van der Waals surface area contributed by atoms with Crippen LogP contribution in [0.2, 0.25) is 0 Å². The number of rotatable bonds is 10. The Hall–Kier alpha value is -4.36. The second kappa shape index (κ2) is 11.9. The number of aryl methyl sites for hydroxylation is 1. The fourth-order valence-electron chi connectivity index (χ4n) is 6.02. The second-order valence-electron chi connectivity index (χ2n) is 11.7. The van der Waals surface area contributed by atoms with Crippen LogP contribution in [-0.4, -0.2) is 71.7 Å². The van der Waals surface area contributed by atoms with Crippen molar-refractivity contribution in [2.45, 2.75) is 64.1 Å². The molecule has 1 aromatic heterocycles. The molecule has 3 atom stereocenters. The number of carboxylic acid groups (broad SMARTS) is 1. The topological polar surface area (TPSA) is 101 Å². The van der Waals surface area contributed by atoms with Crippen molar-refractivity contribution in [3.05, 3.63) is 65.6 Å². The van der Waals surface area contributed by atoms with Crippen molar-refractivity contribution in [3.8, 4) is 16.9 Å². The molecule has 3 aliphatic rings. The van der Waals surface area contributed by atoms with Crippen molar-refractivity contribution in [1.29, 1.82) is 0 Å². The van der Waals surface area contributed by atoms with E-state index >= 15 is 0 Å². The summed E-state index contributed by atoms with van der Waals surface area (Å²) in [6, 6.07) is 7.84. The molecule has 0 unspecified atom stereocenters. The van der Waals surface area contributed by atoms with Gasteiger partial charge in [-0.3, -0.25) is 9.69 Å². The van der Waals surface area contributed by atoms with Gasteiger partial charge in [0, 0.05) is 29.4 Å². The molecule has 5 rings (SSSR count). The molecule has 1 N–H and O–H groups in total. The van der Waals surface area contributed by atoms with Gasteiger partial charge in [0.05, 0.1) is 38.5 Å². The summed E-state index contributed by atoms with van der Waals surface area (Å²) in [6.07, 6.45) is -2.14. The molecular formula is C31H32F5N3O6. The van der Waals surface area contributed by atoms with E-state index in [9.17, 15) is 31.5 Å². The van der Waals surface area contributed by atoms with E-state index in [-0.39, 0.29) is 37.4 Å². The Balaban J connectivity index is 1.47. The average Bonchev–Trinajstić information content (AvgIpc) is 3.23. The summed E-state index contributed by atoms with van der Waals surface area (Å²) in [7, 11) is 1.47. The first kappa shape index (κ1) is 32.0. The molecule has 1 amide bonds. The van der Waals surface area contributed by atoms with E-state index in [1.165, 1.54) is 29.1 Å². The molecule has 3 heterocycles. The number of halogens is 5. The Morgan fingerprint density at radius 3 is 2.56 bits per heavy atom. The molecule has 14 heteroatoms. The molecule has 2 fully saturated rings. The highest BCUT2D eigenvalue weighted by atomic mass is 19.4. The molecule has 9 nitrogen and oxygen atoms in total. The van der Waals surface area contributed by atoms with E-state index in [0.717, 1.165) is 0 Å². The number of hydrogen-bond acceptors (Lipinski definition) is 7. The number of carbonyl (C=O) groups excluding carboxylic acids is 1. The minimum Gasteiger partial charge on any atom is -0.496 e. The van der Waals surface area contributed by atoms with E-state index < -0.39 is 55.0 Å². The summed E-state index contributed by atoms with van der Waals surface area (Å²) in [5.41, 5.74) is 1.10. The van der Waals surface area contributed by atoms with Gasteiger partial charge in [-0.05, 0) is 49.2 Å². The number of anilines is 1. The predicted molar refractivity (Wildman–Crippen MR) is 152 cm³/mol. The first-order valence-corrected chi connectivity index (χ1v) is 14.2. The molecule has 45 heavy (non-hydrogen) atoms. The van der Waals surface area contributed by atoms with Crippen LogP contribution in [0.15, 0.2) is 54.3 Å². The number of aliphatic carboxylic acids is 1. The number of amides is 1. The number of pyridine rings is 1. The minimum atomic E-state index is -4.87. The van der Waals surface area contributed by atoms with Gasteiger partial charge in [0.25, 0.3) is 5.92 Å². The van der Waals surface area contributed by atoms with Crippen molar-refractivity contribution in [2.24, 2.45) is 5.41 Å². The molecule has 2 saturated heterocycles. The monoisotopic (exact) mass is 637 g/mol. The van der Waals surface area contributed by atoms with E-state index in [0.29, 0.717) is 28.1 Å². The number of carbonyl (C=O) groups is 2. The first-order valence-electron chi connectivity index (χ1n) is 14.2. The number of carboxylic acids is 1. The minimum absolute atomic E-state index is 0.102. The van der Waals surface area contributed by atoms with Crippen LogP contribution >= 0.6 is 0 Å². The van der Waals surface area contributed by atoms with Gasteiger partial charge >= 0.3 is 18.4 Å². The normalized spacial score (nSPS) is 24.2. The van der Waals surface area contributed by atoms with Gasteiger partial charge in [-0.2, -0.15) is 0 Å². The van der Waals surface area contributed by atoms with Gasteiger partial charge in [0.2, 0.25) is 0 Å². The van der Waals surface area contributed by atoms with Crippen LogP contribution in [-0.2, 0) is 27.2 Å². The summed E-state index contributed by atoms with van der Waals surface area (Å²) in [4.78, 5) is 31.9. The SMILES string of the molecule is COc1ccc(CCC(=O)O)cc1-c1ccc(N2CC(F)(F)C2)nc1CN1C(=O)O[C@H]([C@]2(C)C=CC=C(OC(F)(F)F)C2)[C@@H]1C. The fraction of sp³-hybridized carbons (Fsp3) is 0.452. The lowest BCUT2D eigenvalue weighted by atomic mass is 9.75. The molecule has 0 radical (unpaired) electrons. The second-order valence-corrected chi connectivity index (χ2v) is 11.7. The molecule has 2 aliphatic heterocycles. The third-order valence-electron chi connectivity index (χ3n) is 8.23. The molecule has 1 aromatic carbocycles. The zero-order valence-corrected chi connectivity index (χ0v) is 24.7. The lowest BCUT2D eigenvalue weighted by molar-refractivity contribution is -0.307. The molecule has 242 valence electrons. The number of nitrogens with zero attached hydrogens (tertiary/aromatic N) is 3. The zero-order valence-electron chi connectivity index (χ0n) is 24.7. The first-order chi connectivity index (χ1) is 21.1. The third kappa shape index (κ3) is 6.99. The lowest BCUT2D eigenvalue weighted by Gasteiger charge is -2.40. The molecule has 2 aromatic rings. The number of benzene rings is 1. The van der Waals surface area contributed by atoms with Gasteiger partial charge in [-0.1, -0.05) is 25.1 Å². The van der Waals surface area contributed by atoms with E-state index in [1.54, 1.807) is 50.3 Å². The van der Waals surface area contributed by atoms with Crippen molar-refractivity contribution in [3.63, 3.8) is 0 Å². The van der Waals surface area contributed by atoms with E-state index in [1.807, 2.05) is 0 Å². The Bertz CT molecular complexity index is 1540. The summed E-state index contributed by atoms with van der Waals surface area (Å²) in [6.45, 7) is 2.24. The molecule has 0 spiro atoms. The molecule has 1 aliphatic carbocycles. The molecule has 0 saturated carbocycles. The summed E-state index contributed by atoms with van der Waals surface area (Å²) in [5.74, 6) is -3.41. The van der Waals surface area contributed by atoms with Crippen molar-refractivity contribution >= 4 is 17.9 Å². The Kier molecular flexibility index (Phi) is 8.45. The Labute approximate surface area is 255 Å². The number of hydrogen-bond donors (Lipinski definition) is 1. The van der Waals surface area contributed by atoms with Gasteiger partial charge in [-0.15, -0.1) is 13.2 Å². The maximum absolute atomic E-state index is 13.7. The number of aromatic nitrogens is 1. The summed E-state index contributed by atoms with van der Waals surface area (Å²) >= 11 is 0. The summed E-state index contributed by atoms with van der Waals surface area (Å²) < 4.78 is 81.7. The third-order valence-corrected chi connectivity index (χ3v) is 8.23. The highest BCUT2D eigenvalue weighted by Gasteiger charge is 2.50. The zero-order chi connectivity index (χ0) is 32.7. The number of methoxy groups -OCH3 is 1. The number of cyclic esters (lactones) is 1. The standard InChI is InChI=1S/C31H32F5N3O6/c1-18-27(29(2)12-4-5-20(14-29)45-31(34,35)36)44-28(42)39(18)15-23-21(8-10-25(37-23)38-16-30(32,33)17-38)22-13-19(7-11-26(40)41)6-9-24(22)43-3/h4-6,8-10,12-13,18,27H,7,11,14-17H2,1-3H3,(H,40,41)/t18-,27-,29+/m0/s1. The smallest absolute Gasteiger partial charge is 0.496 e. The van der Waals surface area contributed by atoms with Crippen LogP contribution in [0.3, 0.4) is 0 Å². The van der Waals surface area contributed by atoms with E-state index in [2.05, 4.69) is 9.72 Å². The maximum Gasteiger partial charge on any atom is 0.572 e. The highest BCUT2D eigenvalue weighted by molar-refractivity contribution is 5.76. The van der Waals surface area contributed by atoms with Gasteiger partial charge < -0.3 is 24.2 Å². The quantitative estimate of drug-likeness (QED) is 0.302. The van der Waals surface area contributed by atoms with Crippen molar-refractivity contribution in [2.75, 3.05) is 25.1 Å². The fourth-order valence-corrected chi connectivity index (χ4v) is 6.02. The van der Waals surface area contributed by atoms with Crippen LogP contribution < -0.4 is 9.64 Å². The van der Waals surface area contributed by atoms with Gasteiger partial charge in [-0.25, -0.2) is 18.6 Å². The van der Waals surface area contributed by atoms with Crippen LogP contribution in [0.4, 0.5) is 32.6 Å². The Morgan fingerprint density at radius 2 is 1.91 bits per heavy atom. The predicted octanol–water partition coefficient (Wildman–Crippen LogP) is 6.33. The number of ether oxygens (including phenoxy) is 3. The highest BCUT2D eigenvalue weighted by Crippen LogP contribution is 2.44. The maximum atomic E-state index is 13.7. The van der Waals surface area contributed by atoms with Crippen LogP contribution in [0.1, 0.15) is 37.9 Å². The van der Waals surface area contributed by atoms with Gasteiger partial charge in [0.1, 0.15) is 23.4 Å². The lowest BCUT2D eigenvalue weighted by Crippen LogP contribution is -2.56. The van der Waals surface area contributed by atoms with Crippen molar-refractivity contribution < 1.29 is 50.9 Å². The van der Waals surface area contributed by atoms with Crippen LogP contribution in [0.25, 0.3) is 11.1 Å². The van der Waals surface area contributed by atoms with Crippen LogP contribution in [0.5, 0.6) is 5.75 Å². The molecule has 0 bridgehead atoms. The van der Waals surface area contributed by atoms with Gasteiger partial charge in [0.15, 0.2) is 0 Å². The Morgan fingerprint density at radius 1 is 1.18 bits per heavy atom.